The van der Waals surface area contributed by atoms with E-state index >= 15 is 0 Å². The number of rotatable bonds is 2. The molecule has 0 spiro atoms. The minimum Gasteiger partial charge on any atom is -0.507 e. The highest BCUT2D eigenvalue weighted by atomic mass is 32.2. The zero-order chi connectivity index (χ0) is 17.6. The predicted molar refractivity (Wildman–Crippen MR) is 99.6 cm³/mol. The molecule has 0 saturated carbocycles. The number of nitrogens with one attached hydrogen (secondary N) is 1. The largest absolute Gasteiger partial charge is 0.507 e. The summed E-state index contributed by atoms with van der Waals surface area (Å²) in [5, 5.41) is 11.7. The fourth-order valence-corrected chi connectivity index (χ4v) is 3.16. The van der Waals surface area contributed by atoms with Gasteiger partial charge < -0.3 is 10.1 Å². The zero-order valence-electron chi connectivity index (χ0n) is 15.5. The Morgan fingerprint density at radius 2 is 1.48 bits per heavy atom. The molecule has 1 heterocycles. The molecule has 4 heteroatoms. The third kappa shape index (κ3) is 3.57. The summed E-state index contributed by atoms with van der Waals surface area (Å²) in [6.45, 7) is 14.8. The van der Waals surface area contributed by atoms with E-state index in [1.54, 1.807) is 11.8 Å². The number of phenols is 1. The lowest BCUT2D eigenvalue weighted by Crippen LogP contribution is -2.17. The number of hydrogen-bond acceptors (Lipinski definition) is 3. The fourth-order valence-electron chi connectivity index (χ4n) is 2.73. The van der Waals surface area contributed by atoms with E-state index in [-0.39, 0.29) is 10.8 Å². The summed E-state index contributed by atoms with van der Waals surface area (Å²) in [5.74, 6) is 0.409. The number of imidazole rings is 1. The van der Waals surface area contributed by atoms with E-state index in [9.17, 15) is 5.11 Å². The van der Waals surface area contributed by atoms with E-state index in [0.29, 0.717) is 5.75 Å². The van der Waals surface area contributed by atoms with Crippen LogP contribution in [0.4, 0.5) is 0 Å². The Labute approximate surface area is 143 Å². The standard InChI is InChI=1S/C19H28N2OS/c1-11-15(21-17(20-11)23-8)12-9-13(18(2,3)4)16(22)14(10-12)19(5,6)7/h9-10,22H,1-8H3,(H,20,21). The molecule has 0 aliphatic rings. The maximum atomic E-state index is 10.8. The van der Waals surface area contributed by atoms with E-state index in [2.05, 4.69) is 58.7 Å². The summed E-state index contributed by atoms with van der Waals surface area (Å²) >= 11 is 1.61. The SMILES string of the molecule is CSc1nc(-c2cc(C(C)(C)C)c(O)c(C(C)(C)C)c2)c(C)[nH]1. The van der Waals surface area contributed by atoms with E-state index < -0.39 is 0 Å². The summed E-state index contributed by atoms with van der Waals surface area (Å²) in [4.78, 5) is 8.01. The van der Waals surface area contributed by atoms with E-state index in [4.69, 9.17) is 4.98 Å². The normalized spacial score (nSPS) is 12.7. The maximum Gasteiger partial charge on any atom is 0.165 e. The molecule has 23 heavy (non-hydrogen) atoms. The van der Waals surface area contributed by atoms with Gasteiger partial charge in [0.15, 0.2) is 5.16 Å². The minimum absolute atomic E-state index is 0.132. The summed E-state index contributed by atoms with van der Waals surface area (Å²) < 4.78 is 0. The van der Waals surface area contributed by atoms with E-state index in [0.717, 1.165) is 33.2 Å². The molecule has 1 aromatic heterocycles. The van der Waals surface area contributed by atoms with Crippen molar-refractivity contribution in [1.82, 2.24) is 9.97 Å². The first-order valence-electron chi connectivity index (χ1n) is 7.94. The number of hydrogen-bond donors (Lipinski definition) is 2. The van der Waals surface area contributed by atoms with Crippen LogP contribution in [0.15, 0.2) is 17.3 Å². The van der Waals surface area contributed by atoms with Gasteiger partial charge in [-0.25, -0.2) is 4.98 Å². The van der Waals surface area contributed by atoms with Gasteiger partial charge in [0.05, 0.1) is 5.69 Å². The minimum atomic E-state index is -0.132. The number of aromatic hydroxyl groups is 1. The smallest absolute Gasteiger partial charge is 0.165 e. The molecule has 0 aliphatic carbocycles. The lowest BCUT2D eigenvalue weighted by atomic mass is 9.78. The van der Waals surface area contributed by atoms with Gasteiger partial charge >= 0.3 is 0 Å². The van der Waals surface area contributed by atoms with Crippen LogP contribution in [0.1, 0.15) is 58.4 Å². The van der Waals surface area contributed by atoms with Crippen LogP contribution in [-0.2, 0) is 10.8 Å². The summed E-state index contributed by atoms with van der Waals surface area (Å²) in [5.41, 5.74) is 4.75. The summed E-state index contributed by atoms with van der Waals surface area (Å²) in [7, 11) is 0. The molecule has 0 fully saturated rings. The Morgan fingerprint density at radius 1 is 1.00 bits per heavy atom. The van der Waals surface area contributed by atoms with Gasteiger partial charge in [0.1, 0.15) is 5.75 Å². The Balaban J connectivity index is 2.76. The Bertz CT molecular complexity index is 683. The molecule has 0 bridgehead atoms. The van der Waals surface area contributed by atoms with Crippen molar-refractivity contribution in [3.8, 4) is 17.0 Å². The van der Waals surface area contributed by atoms with Crippen molar-refractivity contribution >= 4 is 11.8 Å². The topological polar surface area (TPSA) is 48.9 Å². The van der Waals surface area contributed by atoms with Crippen molar-refractivity contribution in [3.05, 3.63) is 29.0 Å². The first kappa shape index (κ1) is 17.9. The highest BCUT2D eigenvalue weighted by Gasteiger charge is 2.27. The van der Waals surface area contributed by atoms with Crippen molar-refractivity contribution in [2.75, 3.05) is 6.26 Å². The molecule has 126 valence electrons. The highest BCUT2D eigenvalue weighted by molar-refractivity contribution is 7.98. The second-order valence-electron chi connectivity index (χ2n) is 8.14. The van der Waals surface area contributed by atoms with Crippen LogP contribution in [0, 0.1) is 6.92 Å². The van der Waals surface area contributed by atoms with Gasteiger partial charge in [0.25, 0.3) is 0 Å². The summed E-state index contributed by atoms with van der Waals surface area (Å²) in [6.07, 6.45) is 2.01. The quantitative estimate of drug-likeness (QED) is 0.723. The molecule has 1 aromatic carbocycles. The van der Waals surface area contributed by atoms with Gasteiger partial charge in [-0.05, 0) is 36.1 Å². The van der Waals surface area contributed by atoms with Crippen LogP contribution in [-0.4, -0.2) is 21.3 Å². The van der Waals surface area contributed by atoms with Gasteiger partial charge in [-0.3, -0.25) is 0 Å². The average Bonchev–Trinajstić information content (AvgIpc) is 2.77. The Hall–Kier alpha value is -1.42. The molecule has 2 N–H and O–H groups in total. The lowest BCUT2D eigenvalue weighted by molar-refractivity contribution is 0.423. The summed E-state index contributed by atoms with van der Waals surface area (Å²) in [6, 6.07) is 4.16. The third-order valence-corrected chi connectivity index (χ3v) is 4.64. The van der Waals surface area contributed by atoms with Crippen molar-refractivity contribution in [2.45, 2.75) is 64.5 Å². The highest BCUT2D eigenvalue weighted by Crippen LogP contribution is 2.42. The van der Waals surface area contributed by atoms with Crippen molar-refractivity contribution in [3.63, 3.8) is 0 Å². The Morgan fingerprint density at radius 3 is 1.83 bits per heavy atom. The average molecular weight is 333 g/mol. The number of H-pyrrole nitrogens is 1. The van der Waals surface area contributed by atoms with Gasteiger partial charge in [-0.2, -0.15) is 0 Å². The second kappa shape index (κ2) is 5.90. The van der Waals surface area contributed by atoms with Gasteiger partial charge in [0.2, 0.25) is 0 Å². The van der Waals surface area contributed by atoms with Crippen LogP contribution in [0.3, 0.4) is 0 Å². The number of nitrogens with zero attached hydrogens (tertiary/aromatic N) is 1. The molecule has 2 aromatic rings. The molecule has 0 radical (unpaired) electrons. The number of aromatic amines is 1. The first-order chi connectivity index (χ1) is 10.4. The molecule has 3 nitrogen and oxygen atoms in total. The van der Waals surface area contributed by atoms with Crippen LogP contribution in [0.5, 0.6) is 5.75 Å². The number of thioether (sulfide) groups is 1. The van der Waals surface area contributed by atoms with E-state index in [1.165, 1.54) is 0 Å². The molecule has 0 aliphatic heterocycles. The molecule has 0 amide bonds. The fraction of sp³-hybridized carbons (Fsp3) is 0.526. The molecular formula is C19H28N2OS. The molecule has 0 saturated heterocycles. The first-order valence-corrected chi connectivity index (χ1v) is 9.16. The third-order valence-electron chi connectivity index (χ3n) is 4.06. The number of phenolic OH excluding ortho intramolecular Hbond substituents is 1. The van der Waals surface area contributed by atoms with Gasteiger partial charge in [-0.15, -0.1) is 0 Å². The zero-order valence-corrected chi connectivity index (χ0v) is 16.3. The van der Waals surface area contributed by atoms with Gasteiger partial charge in [-0.1, -0.05) is 53.3 Å². The molecule has 0 atom stereocenters. The van der Waals surface area contributed by atoms with Crippen LogP contribution >= 0.6 is 11.8 Å². The van der Waals surface area contributed by atoms with Crippen molar-refractivity contribution in [2.24, 2.45) is 0 Å². The van der Waals surface area contributed by atoms with E-state index in [1.807, 2.05) is 13.2 Å². The molecular weight excluding hydrogens is 304 g/mol. The van der Waals surface area contributed by atoms with Crippen molar-refractivity contribution < 1.29 is 5.11 Å². The van der Waals surface area contributed by atoms with Crippen LogP contribution < -0.4 is 0 Å². The van der Waals surface area contributed by atoms with Crippen LogP contribution in [0.25, 0.3) is 11.3 Å². The second-order valence-corrected chi connectivity index (χ2v) is 8.93. The lowest BCUT2D eigenvalue weighted by Gasteiger charge is -2.28. The van der Waals surface area contributed by atoms with Gasteiger partial charge in [0, 0.05) is 22.4 Å². The van der Waals surface area contributed by atoms with Crippen LogP contribution in [0.2, 0.25) is 0 Å². The predicted octanol–water partition coefficient (Wildman–Crippen LogP) is 5.41. The molecule has 2 rings (SSSR count). The number of aryl methyl sites for hydroxylation is 1. The number of benzene rings is 1. The monoisotopic (exact) mass is 332 g/mol. The maximum absolute atomic E-state index is 10.8. The Kier molecular flexibility index (Phi) is 4.60. The van der Waals surface area contributed by atoms with Crippen molar-refractivity contribution in [1.29, 1.82) is 0 Å². The molecule has 0 unspecified atom stereocenters. The number of aromatic nitrogens is 2.